The van der Waals surface area contributed by atoms with Gasteiger partial charge in [0.05, 0.1) is 6.04 Å². The Morgan fingerprint density at radius 3 is 2.41 bits per heavy atom. The second kappa shape index (κ2) is 3.88. The first-order valence-corrected chi connectivity index (χ1v) is 6.10. The van der Waals surface area contributed by atoms with Gasteiger partial charge in [-0.25, -0.2) is 0 Å². The van der Waals surface area contributed by atoms with Gasteiger partial charge in [0.1, 0.15) is 11.3 Å². The number of benzene rings is 1. The third-order valence-electron chi connectivity index (χ3n) is 3.18. The van der Waals surface area contributed by atoms with Gasteiger partial charge in [-0.1, -0.05) is 32.9 Å². The van der Waals surface area contributed by atoms with Crippen molar-refractivity contribution >= 4 is 11.0 Å². The molecule has 0 fully saturated rings. The van der Waals surface area contributed by atoms with Gasteiger partial charge >= 0.3 is 0 Å². The van der Waals surface area contributed by atoms with Gasteiger partial charge in [-0.3, -0.25) is 0 Å². The van der Waals surface area contributed by atoms with Gasteiger partial charge in [-0.05, 0) is 30.9 Å². The first kappa shape index (κ1) is 12.2. The van der Waals surface area contributed by atoms with E-state index < -0.39 is 0 Å². The van der Waals surface area contributed by atoms with Crippen LogP contribution in [0.25, 0.3) is 11.0 Å². The summed E-state index contributed by atoms with van der Waals surface area (Å²) < 4.78 is 5.94. The van der Waals surface area contributed by atoms with Gasteiger partial charge in [0.15, 0.2) is 0 Å². The summed E-state index contributed by atoms with van der Waals surface area (Å²) >= 11 is 0. The predicted octanol–water partition coefficient (Wildman–Crippen LogP) is 4.06. The van der Waals surface area contributed by atoms with Crippen LogP contribution < -0.4 is 5.73 Å². The number of furan rings is 1. The molecule has 2 aromatic rings. The predicted molar refractivity (Wildman–Crippen MR) is 72.3 cm³/mol. The van der Waals surface area contributed by atoms with Crippen molar-refractivity contribution in [1.29, 1.82) is 0 Å². The van der Waals surface area contributed by atoms with Crippen molar-refractivity contribution in [3.63, 3.8) is 0 Å². The highest BCUT2D eigenvalue weighted by Gasteiger charge is 2.21. The second-order valence-corrected chi connectivity index (χ2v) is 5.86. The molecule has 2 heteroatoms. The number of rotatable bonds is 1. The van der Waals surface area contributed by atoms with E-state index in [1.165, 1.54) is 16.5 Å². The van der Waals surface area contributed by atoms with E-state index in [0.29, 0.717) is 0 Å². The average Bonchev–Trinajstić information content (AvgIpc) is 2.61. The van der Waals surface area contributed by atoms with Gasteiger partial charge in [0, 0.05) is 10.9 Å². The Kier molecular flexibility index (Phi) is 2.78. The molecule has 0 saturated heterocycles. The molecule has 0 radical (unpaired) electrons. The monoisotopic (exact) mass is 231 g/mol. The van der Waals surface area contributed by atoms with Crippen LogP contribution in [0.3, 0.4) is 0 Å². The number of hydrogen-bond acceptors (Lipinski definition) is 2. The topological polar surface area (TPSA) is 39.2 Å². The van der Waals surface area contributed by atoms with Gasteiger partial charge in [-0.2, -0.15) is 0 Å². The Bertz CT molecular complexity index is 544. The van der Waals surface area contributed by atoms with Crippen LogP contribution in [0.4, 0.5) is 0 Å². The molecule has 0 aliphatic rings. The van der Waals surface area contributed by atoms with Gasteiger partial charge < -0.3 is 10.2 Å². The van der Waals surface area contributed by atoms with Crippen molar-refractivity contribution < 1.29 is 4.42 Å². The smallest absolute Gasteiger partial charge is 0.138 e. The van der Waals surface area contributed by atoms with Crippen molar-refractivity contribution in [2.45, 2.75) is 46.1 Å². The van der Waals surface area contributed by atoms with Crippen LogP contribution >= 0.6 is 0 Å². The van der Waals surface area contributed by atoms with Crippen LogP contribution in [0.2, 0.25) is 0 Å². The van der Waals surface area contributed by atoms with E-state index in [-0.39, 0.29) is 11.5 Å². The SMILES string of the molecule is Cc1ccc(C(C)(C)C)c2oc(C(C)N)cc12. The lowest BCUT2D eigenvalue weighted by atomic mass is 9.85. The Morgan fingerprint density at radius 1 is 1.24 bits per heavy atom. The molecule has 2 nitrogen and oxygen atoms in total. The fraction of sp³-hybridized carbons (Fsp3) is 0.467. The van der Waals surface area contributed by atoms with Gasteiger partial charge in [0.2, 0.25) is 0 Å². The third-order valence-corrected chi connectivity index (χ3v) is 3.18. The molecule has 1 aromatic heterocycles. The van der Waals surface area contributed by atoms with E-state index in [1.54, 1.807) is 0 Å². The molecule has 0 bridgehead atoms. The maximum absolute atomic E-state index is 5.94. The van der Waals surface area contributed by atoms with Crippen molar-refractivity contribution in [2.75, 3.05) is 0 Å². The zero-order chi connectivity index (χ0) is 12.8. The molecule has 17 heavy (non-hydrogen) atoms. The minimum absolute atomic E-state index is 0.0605. The molecule has 1 heterocycles. The van der Waals surface area contributed by atoms with Crippen LogP contribution in [0, 0.1) is 6.92 Å². The molecule has 0 aliphatic heterocycles. The number of fused-ring (bicyclic) bond motifs is 1. The summed E-state index contributed by atoms with van der Waals surface area (Å²) in [6.07, 6.45) is 0. The van der Waals surface area contributed by atoms with Crippen molar-refractivity contribution in [3.05, 3.63) is 35.1 Å². The summed E-state index contributed by atoms with van der Waals surface area (Å²) in [5.41, 5.74) is 9.45. The molecule has 2 N–H and O–H groups in total. The van der Waals surface area contributed by atoms with E-state index in [1.807, 2.05) is 6.92 Å². The van der Waals surface area contributed by atoms with E-state index in [0.717, 1.165) is 11.3 Å². The lowest BCUT2D eigenvalue weighted by molar-refractivity contribution is 0.498. The molecular weight excluding hydrogens is 210 g/mol. The molecule has 0 aliphatic carbocycles. The van der Waals surface area contributed by atoms with Crippen LogP contribution in [0.1, 0.15) is 50.6 Å². The summed E-state index contributed by atoms with van der Waals surface area (Å²) in [4.78, 5) is 0. The molecular formula is C15H21NO. The summed E-state index contributed by atoms with van der Waals surface area (Å²) in [7, 11) is 0. The lowest BCUT2D eigenvalue weighted by Crippen LogP contribution is -2.11. The normalized spacial score (nSPS) is 14.2. The fourth-order valence-electron chi connectivity index (χ4n) is 2.09. The summed E-state index contributed by atoms with van der Waals surface area (Å²) in [5.74, 6) is 0.861. The number of hydrogen-bond donors (Lipinski definition) is 1. The molecule has 1 unspecified atom stereocenters. The van der Waals surface area contributed by atoms with Gasteiger partial charge in [0.25, 0.3) is 0 Å². The minimum atomic E-state index is -0.0605. The van der Waals surface area contributed by atoms with E-state index >= 15 is 0 Å². The molecule has 0 saturated carbocycles. The molecule has 92 valence electrons. The van der Waals surface area contributed by atoms with E-state index in [9.17, 15) is 0 Å². The third kappa shape index (κ3) is 2.09. The Morgan fingerprint density at radius 2 is 1.88 bits per heavy atom. The van der Waals surface area contributed by atoms with Crippen LogP contribution in [-0.2, 0) is 5.41 Å². The Labute approximate surface area is 103 Å². The van der Waals surface area contributed by atoms with Crippen molar-refractivity contribution in [2.24, 2.45) is 5.73 Å². The zero-order valence-electron chi connectivity index (χ0n) is 11.3. The highest BCUT2D eigenvalue weighted by atomic mass is 16.3. The maximum Gasteiger partial charge on any atom is 0.138 e. The molecule has 2 rings (SSSR count). The summed E-state index contributed by atoms with van der Waals surface area (Å²) in [6.45, 7) is 10.7. The Balaban J connectivity index is 2.76. The zero-order valence-corrected chi connectivity index (χ0v) is 11.3. The summed E-state index contributed by atoms with van der Waals surface area (Å²) in [6, 6.07) is 6.33. The molecule has 0 spiro atoms. The van der Waals surface area contributed by atoms with Crippen molar-refractivity contribution in [3.8, 4) is 0 Å². The fourth-order valence-corrected chi connectivity index (χ4v) is 2.09. The number of nitrogens with two attached hydrogens (primary N) is 1. The second-order valence-electron chi connectivity index (χ2n) is 5.86. The summed E-state index contributed by atoms with van der Waals surface area (Å²) in [5, 5.41) is 1.18. The molecule has 1 aromatic carbocycles. The van der Waals surface area contributed by atoms with Crippen molar-refractivity contribution in [1.82, 2.24) is 0 Å². The van der Waals surface area contributed by atoms with E-state index in [2.05, 4.69) is 45.9 Å². The largest absolute Gasteiger partial charge is 0.459 e. The van der Waals surface area contributed by atoms with Crippen LogP contribution in [0.15, 0.2) is 22.6 Å². The first-order chi connectivity index (χ1) is 7.80. The van der Waals surface area contributed by atoms with Crippen LogP contribution in [0.5, 0.6) is 0 Å². The minimum Gasteiger partial charge on any atom is -0.459 e. The highest BCUT2D eigenvalue weighted by molar-refractivity contribution is 5.85. The Hall–Kier alpha value is -1.28. The lowest BCUT2D eigenvalue weighted by Gasteiger charge is -2.19. The first-order valence-electron chi connectivity index (χ1n) is 6.10. The maximum atomic E-state index is 5.94. The molecule has 0 amide bonds. The standard InChI is InChI=1S/C15H21NO/c1-9-6-7-12(15(3,4)5)14-11(9)8-13(17-14)10(2)16/h6-8,10H,16H2,1-5H3. The number of aryl methyl sites for hydroxylation is 1. The van der Waals surface area contributed by atoms with Crippen LogP contribution in [-0.4, -0.2) is 0 Å². The average molecular weight is 231 g/mol. The quantitative estimate of drug-likeness (QED) is 0.804. The highest BCUT2D eigenvalue weighted by Crippen LogP contribution is 2.34. The molecule has 1 atom stereocenters. The van der Waals surface area contributed by atoms with Gasteiger partial charge in [-0.15, -0.1) is 0 Å². The van der Waals surface area contributed by atoms with E-state index in [4.69, 9.17) is 10.2 Å².